The van der Waals surface area contributed by atoms with Crippen molar-refractivity contribution in [1.29, 1.82) is 0 Å². The van der Waals surface area contributed by atoms with Crippen molar-refractivity contribution >= 4 is 17.4 Å². The molecule has 0 amide bonds. The summed E-state index contributed by atoms with van der Waals surface area (Å²) in [6.07, 6.45) is 1.53. The average molecular weight is 302 g/mol. The normalized spacial score (nSPS) is 21.9. The molecule has 20 heavy (non-hydrogen) atoms. The second kappa shape index (κ2) is 6.11. The van der Waals surface area contributed by atoms with Gasteiger partial charge >= 0.3 is 6.01 Å². The number of hydrogen-bond acceptors (Lipinski definition) is 6. The summed E-state index contributed by atoms with van der Waals surface area (Å²) < 4.78 is 16.2. The molecular formula is C13H20ClN3O3. The monoisotopic (exact) mass is 301 g/mol. The van der Waals surface area contributed by atoms with Gasteiger partial charge in [-0.05, 0) is 13.8 Å². The highest BCUT2D eigenvalue weighted by molar-refractivity contribution is 6.32. The summed E-state index contributed by atoms with van der Waals surface area (Å²) in [6.45, 7) is 5.95. The van der Waals surface area contributed by atoms with Crippen molar-refractivity contribution < 1.29 is 14.2 Å². The van der Waals surface area contributed by atoms with Crippen LogP contribution in [0.25, 0.3) is 0 Å². The molecule has 1 fully saturated rings. The Kier molecular flexibility index (Phi) is 4.67. The van der Waals surface area contributed by atoms with Gasteiger partial charge in [0.25, 0.3) is 0 Å². The van der Waals surface area contributed by atoms with Crippen LogP contribution in [0.15, 0.2) is 6.20 Å². The first kappa shape index (κ1) is 15.3. The molecule has 1 aliphatic rings. The fourth-order valence-corrected chi connectivity index (χ4v) is 2.60. The van der Waals surface area contributed by atoms with E-state index in [0.29, 0.717) is 36.5 Å². The predicted octanol–water partition coefficient (Wildman–Crippen LogP) is 1.77. The van der Waals surface area contributed by atoms with E-state index in [1.807, 2.05) is 13.8 Å². The topological polar surface area (TPSA) is 56.7 Å². The summed E-state index contributed by atoms with van der Waals surface area (Å²) in [4.78, 5) is 10.4. The molecule has 0 bridgehead atoms. The molecular weight excluding hydrogens is 282 g/mol. The lowest BCUT2D eigenvalue weighted by Gasteiger charge is -2.43. The second-order valence-corrected chi connectivity index (χ2v) is 5.77. The van der Waals surface area contributed by atoms with Crippen LogP contribution >= 0.6 is 11.6 Å². The fourth-order valence-electron chi connectivity index (χ4n) is 2.39. The molecule has 6 nitrogen and oxygen atoms in total. The van der Waals surface area contributed by atoms with Crippen molar-refractivity contribution in [2.24, 2.45) is 0 Å². The number of aromatic nitrogens is 2. The predicted molar refractivity (Wildman–Crippen MR) is 76.6 cm³/mol. The third-order valence-electron chi connectivity index (χ3n) is 3.02. The first-order chi connectivity index (χ1) is 9.45. The lowest BCUT2D eigenvalue weighted by atomic mass is 10.1. The minimum absolute atomic E-state index is 0.0271. The van der Waals surface area contributed by atoms with Gasteiger partial charge in [-0.15, -0.1) is 0 Å². The zero-order valence-electron chi connectivity index (χ0n) is 12.2. The van der Waals surface area contributed by atoms with E-state index < -0.39 is 0 Å². The van der Waals surface area contributed by atoms with E-state index >= 15 is 0 Å². The van der Waals surface area contributed by atoms with Crippen LogP contribution in [0.3, 0.4) is 0 Å². The Morgan fingerprint density at radius 2 is 2.25 bits per heavy atom. The van der Waals surface area contributed by atoms with E-state index in [-0.39, 0.29) is 11.7 Å². The number of anilines is 1. The Morgan fingerprint density at radius 1 is 1.50 bits per heavy atom. The number of morpholine rings is 1. The van der Waals surface area contributed by atoms with E-state index in [1.54, 1.807) is 13.3 Å². The van der Waals surface area contributed by atoms with Gasteiger partial charge < -0.3 is 19.1 Å². The minimum Gasteiger partial charge on any atom is -0.467 e. The molecule has 0 aliphatic carbocycles. The lowest BCUT2D eigenvalue weighted by Crippen LogP contribution is -2.54. The van der Waals surface area contributed by atoms with Gasteiger partial charge in [0.2, 0.25) is 0 Å². The number of ether oxygens (including phenoxy) is 3. The second-order valence-electron chi connectivity index (χ2n) is 5.36. The third-order valence-corrected chi connectivity index (χ3v) is 3.29. The van der Waals surface area contributed by atoms with Crippen LogP contribution in [-0.4, -0.2) is 55.6 Å². The molecule has 0 N–H and O–H groups in total. The first-order valence-electron chi connectivity index (χ1n) is 6.43. The first-order valence-corrected chi connectivity index (χ1v) is 6.81. The van der Waals surface area contributed by atoms with Gasteiger partial charge in [-0.25, -0.2) is 4.98 Å². The Morgan fingerprint density at radius 3 is 2.90 bits per heavy atom. The number of halogens is 1. The van der Waals surface area contributed by atoms with Crippen LogP contribution in [0.4, 0.5) is 5.82 Å². The molecule has 2 rings (SSSR count). The Hall–Kier alpha value is -1.11. The van der Waals surface area contributed by atoms with Crippen molar-refractivity contribution in [3.05, 3.63) is 11.2 Å². The van der Waals surface area contributed by atoms with Crippen LogP contribution in [-0.2, 0) is 9.47 Å². The van der Waals surface area contributed by atoms with E-state index in [0.717, 1.165) is 0 Å². The highest BCUT2D eigenvalue weighted by Crippen LogP contribution is 2.30. The van der Waals surface area contributed by atoms with E-state index in [1.165, 1.54) is 7.11 Å². The summed E-state index contributed by atoms with van der Waals surface area (Å²) in [7, 11) is 3.19. The van der Waals surface area contributed by atoms with E-state index in [4.69, 9.17) is 25.8 Å². The van der Waals surface area contributed by atoms with Crippen molar-refractivity contribution in [2.75, 3.05) is 38.8 Å². The summed E-state index contributed by atoms with van der Waals surface area (Å²) >= 11 is 6.21. The molecule has 1 atom stereocenters. The zero-order chi connectivity index (χ0) is 14.8. The maximum Gasteiger partial charge on any atom is 0.318 e. The van der Waals surface area contributed by atoms with E-state index in [9.17, 15) is 0 Å². The summed E-state index contributed by atoms with van der Waals surface area (Å²) in [5, 5.41) is 0.500. The number of rotatable bonds is 4. The fraction of sp³-hybridized carbons (Fsp3) is 0.692. The SMILES string of the molecule is COCC1CN(c2nc(OC)ncc2Cl)CC(C)(C)O1. The average Bonchev–Trinajstić information content (AvgIpc) is 2.37. The van der Waals surface area contributed by atoms with Gasteiger partial charge in [-0.3, -0.25) is 0 Å². The van der Waals surface area contributed by atoms with Crippen molar-refractivity contribution in [3.8, 4) is 6.01 Å². The highest BCUT2D eigenvalue weighted by Gasteiger charge is 2.35. The Balaban J connectivity index is 2.26. The maximum atomic E-state index is 6.21. The van der Waals surface area contributed by atoms with Gasteiger partial charge in [0.1, 0.15) is 5.02 Å². The van der Waals surface area contributed by atoms with Crippen LogP contribution in [0.2, 0.25) is 5.02 Å². The molecule has 1 saturated heterocycles. The largest absolute Gasteiger partial charge is 0.467 e. The molecule has 112 valence electrons. The van der Waals surface area contributed by atoms with E-state index in [2.05, 4.69) is 14.9 Å². The molecule has 1 aromatic heterocycles. The van der Waals surface area contributed by atoms with Crippen LogP contribution in [0.5, 0.6) is 6.01 Å². The molecule has 0 aromatic carbocycles. The standard InChI is InChI=1S/C13H20ClN3O3/c1-13(2)8-17(6-9(20-13)7-18-3)11-10(14)5-15-12(16-11)19-4/h5,9H,6-8H2,1-4H3. The molecule has 0 saturated carbocycles. The van der Waals surface area contributed by atoms with Gasteiger partial charge in [0.15, 0.2) is 5.82 Å². The number of hydrogen-bond donors (Lipinski definition) is 0. The molecule has 1 unspecified atom stereocenters. The molecule has 1 aromatic rings. The number of nitrogens with zero attached hydrogens (tertiary/aromatic N) is 3. The Bertz CT molecular complexity index is 470. The Labute approximate surface area is 124 Å². The minimum atomic E-state index is -0.303. The van der Waals surface area contributed by atoms with Crippen molar-refractivity contribution in [2.45, 2.75) is 25.6 Å². The molecule has 7 heteroatoms. The zero-order valence-corrected chi connectivity index (χ0v) is 13.0. The van der Waals surface area contributed by atoms with Crippen LogP contribution < -0.4 is 9.64 Å². The lowest BCUT2D eigenvalue weighted by molar-refractivity contribution is -0.106. The maximum absolute atomic E-state index is 6.21. The van der Waals surface area contributed by atoms with Gasteiger partial charge in [0.05, 0.1) is 31.6 Å². The van der Waals surface area contributed by atoms with Crippen LogP contribution in [0, 0.1) is 0 Å². The van der Waals surface area contributed by atoms with Gasteiger partial charge in [0, 0.05) is 20.2 Å². The van der Waals surface area contributed by atoms with Gasteiger partial charge in [-0.2, -0.15) is 4.98 Å². The molecule has 2 heterocycles. The molecule has 1 aliphatic heterocycles. The number of methoxy groups -OCH3 is 2. The smallest absolute Gasteiger partial charge is 0.318 e. The van der Waals surface area contributed by atoms with Gasteiger partial charge in [-0.1, -0.05) is 11.6 Å². The highest BCUT2D eigenvalue weighted by atomic mass is 35.5. The molecule has 0 radical (unpaired) electrons. The quantitative estimate of drug-likeness (QED) is 0.845. The van der Waals surface area contributed by atoms with Crippen molar-refractivity contribution in [3.63, 3.8) is 0 Å². The summed E-state index contributed by atoms with van der Waals surface area (Å²) in [6, 6.07) is 0.303. The molecule has 0 spiro atoms. The van der Waals surface area contributed by atoms with Crippen LogP contribution in [0.1, 0.15) is 13.8 Å². The summed E-state index contributed by atoms with van der Waals surface area (Å²) in [5.74, 6) is 0.663. The van der Waals surface area contributed by atoms with Crippen molar-refractivity contribution in [1.82, 2.24) is 9.97 Å². The summed E-state index contributed by atoms with van der Waals surface area (Å²) in [5.41, 5.74) is -0.303. The third kappa shape index (κ3) is 3.50.